The summed E-state index contributed by atoms with van der Waals surface area (Å²) in [6, 6.07) is 13.0. The molecule has 0 spiro atoms. The number of benzene rings is 2. The third-order valence-corrected chi connectivity index (χ3v) is 4.45. The Kier molecular flexibility index (Phi) is 2.85. The Morgan fingerprint density at radius 1 is 1.05 bits per heavy atom. The third-order valence-electron chi connectivity index (χ3n) is 4.21. The molecule has 2 aromatic rings. The van der Waals surface area contributed by atoms with E-state index in [1.165, 1.54) is 22.4 Å². The van der Waals surface area contributed by atoms with Crippen molar-refractivity contribution >= 4 is 17.3 Å². The Balaban J connectivity index is 1.59. The van der Waals surface area contributed by atoms with Gasteiger partial charge in [-0.15, -0.1) is 0 Å². The summed E-state index contributed by atoms with van der Waals surface area (Å²) in [6.07, 6.45) is 3.24. The van der Waals surface area contributed by atoms with Crippen LogP contribution < -0.4 is 10.1 Å². The minimum absolute atomic E-state index is 0.391. The first-order valence-electron chi connectivity index (χ1n) is 7.10. The molecular weight excluding hydrogens is 270 g/mol. The van der Waals surface area contributed by atoms with Crippen molar-refractivity contribution in [2.24, 2.45) is 0 Å². The maximum atomic E-state index is 6.06. The molecule has 20 heavy (non-hydrogen) atoms. The number of anilines is 1. The largest absolute Gasteiger partial charge is 0.493 e. The average molecular weight is 286 g/mol. The quantitative estimate of drug-likeness (QED) is 0.884. The zero-order valence-electron chi connectivity index (χ0n) is 11.2. The third kappa shape index (κ3) is 2.04. The molecule has 0 amide bonds. The molecule has 0 fully saturated rings. The van der Waals surface area contributed by atoms with Gasteiger partial charge in [0.15, 0.2) is 0 Å². The van der Waals surface area contributed by atoms with Crippen LogP contribution in [0.4, 0.5) is 5.69 Å². The lowest BCUT2D eigenvalue weighted by molar-refractivity contribution is 0.357. The normalized spacial score (nSPS) is 19.4. The molecular formula is C17H16ClNO. The maximum absolute atomic E-state index is 6.06. The van der Waals surface area contributed by atoms with Crippen LogP contribution in [0.25, 0.3) is 0 Å². The second-order valence-corrected chi connectivity index (χ2v) is 5.94. The van der Waals surface area contributed by atoms with Crippen molar-refractivity contribution in [3.8, 4) is 5.75 Å². The Bertz CT molecular complexity index is 668. The summed E-state index contributed by atoms with van der Waals surface area (Å²) in [5, 5.41) is 4.48. The minimum Gasteiger partial charge on any atom is -0.493 e. The van der Waals surface area contributed by atoms with Crippen LogP contribution in [0, 0.1) is 0 Å². The summed E-state index contributed by atoms with van der Waals surface area (Å²) in [6.45, 7) is 0.809. The minimum atomic E-state index is 0.391. The number of hydrogen-bond donors (Lipinski definition) is 1. The van der Waals surface area contributed by atoms with Crippen LogP contribution in [-0.4, -0.2) is 6.61 Å². The molecule has 1 atom stereocenters. The highest BCUT2D eigenvalue weighted by atomic mass is 35.5. The summed E-state index contributed by atoms with van der Waals surface area (Å²) < 4.78 is 5.55. The number of ether oxygens (including phenoxy) is 1. The van der Waals surface area contributed by atoms with Crippen LogP contribution in [-0.2, 0) is 12.8 Å². The topological polar surface area (TPSA) is 21.3 Å². The molecule has 2 aromatic carbocycles. The monoisotopic (exact) mass is 285 g/mol. The maximum Gasteiger partial charge on any atom is 0.122 e. The lowest BCUT2D eigenvalue weighted by Gasteiger charge is -2.16. The van der Waals surface area contributed by atoms with Gasteiger partial charge in [0.1, 0.15) is 5.75 Å². The van der Waals surface area contributed by atoms with Crippen LogP contribution in [0.5, 0.6) is 5.75 Å². The van der Waals surface area contributed by atoms with Gasteiger partial charge in [-0.25, -0.2) is 0 Å². The number of hydrogen-bond acceptors (Lipinski definition) is 2. The fraction of sp³-hybridized carbons (Fsp3) is 0.294. The summed E-state index contributed by atoms with van der Waals surface area (Å²) in [5.41, 5.74) is 5.25. The van der Waals surface area contributed by atoms with E-state index >= 15 is 0 Å². The second kappa shape index (κ2) is 4.71. The molecule has 0 radical (unpaired) electrons. The van der Waals surface area contributed by atoms with Gasteiger partial charge in [0, 0.05) is 17.1 Å². The Morgan fingerprint density at radius 2 is 2.00 bits per heavy atom. The van der Waals surface area contributed by atoms with E-state index in [4.69, 9.17) is 16.3 Å². The van der Waals surface area contributed by atoms with E-state index in [0.717, 1.165) is 36.6 Å². The van der Waals surface area contributed by atoms with Crippen molar-refractivity contribution < 1.29 is 4.74 Å². The lowest BCUT2D eigenvalue weighted by atomic mass is 10.1. The SMILES string of the molecule is Clc1ccc2c(c1)CCC2Nc1ccc2c(c1)CCO2. The van der Waals surface area contributed by atoms with E-state index in [2.05, 4.69) is 35.6 Å². The first kappa shape index (κ1) is 12.1. The lowest BCUT2D eigenvalue weighted by Crippen LogP contribution is -2.07. The van der Waals surface area contributed by atoms with Gasteiger partial charge in [0.2, 0.25) is 0 Å². The first-order valence-corrected chi connectivity index (χ1v) is 7.48. The van der Waals surface area contributed by atoms with E-state index in [1.54, 1.807) is 0 Å². The molecule has 1 aliphatic heterocycles. The molecule has 2 aliphatic rings. The van der Waals surface area contributed by atoms with Gasteiger partial charge in [-0.05, 0) is 59.9 Å². The molecule has 0 saturated heterocycles. The average Bonchev–Trinajstić information content (AvgIpc) is 3.05. The van der Waals surface area contributed by atoms with E-state index in [0.29, 0.717) is 6.04 Å². The highest BCUT2D eigenvalue weighted by molar-refractivity contribution is 6.30. The van der Waals surface area contributed by atoms with Crippen molar-refractivity contribution in [2.45, 2.75) is 25.3 Å². The summed E-state index contributed by atoms with van der Waals surface area (Å²) in [7, 11) is 0. The molecule has 1 heterocycles. The van der Waals surface area contributed by atoms with Gasteiger partial charge in [0.25, 0.3) is 0 Å². The zero-order valence-corrected chi connectivity index (χ0v) is 11.9. The molecule has 1 N–H and O–H groups in total. The van der Waals surface area contributed by atoms with Crippen LogP contribution in [0.2, 0.25) is 5.02 Å². The van der Waals surface area contributed by atoms with Gasteiger partial charge < -0.3 is 10.1 Å². The Hall–Kier alpha value is -1.67. The first-order chi connectivity index (χ1) is 9.79. The van der Waals surface area contributed by atoms with E-state index in [-0.39, 0.29) is 0 Å². The fourth-order valence-corrected chi connectivity index (χ4v) is 3.41. The molecule has 2 nitrogen and oxygen atoms in total. The van der Waals surface area contributed by atoms with E-state index < -0.39 is 0 Å². The number of aryl methyl sites for hydroxylation is 1. The molecule has 102 valence electrons. The zero-order chi connectivity index (χ0) is 13.5. The smallest absolute Gasteiger partial charge is 0.122 e. The van der Waals surface area contributed by atoms with Gasteiger partial charge in [0.05, 0.1) is 12.6 Å². The molecule has 0 aromatic heterocycles. The van der Waals surface area contributed by atoms with Crippen molar-refractivity contribution in [3.63, 3.8) is 0 Å². The van der Waals surface area contributed by atoms with Crippen molar-refractivity contribution in [1.82, 2.24) is 0 Å². The van der Waals surface area contributed by atoms with E-state index in [9.17, 15) is 0 Å². The fourth-order valence-electron chi connectivity index (χ4n) is 3.21. The summed E-state index contributed by atoms with van der Waals surface area (Å²) in [4.78, 5) is 0. The highest BCUT2D eigenvalue weighted by Gasteiger charge is 2.23. The summed E-state index contributed by atoms with van der Waals surface area (Å²) >= 11 is 6.06. The number of halogens is 1. The number of nitrogens with one attached hydrogen (secondary N) is 1. The van der Waals surface area contributed by atoms with Crippen LogP contribution in [0.15, 0.2) is 36.4 Å². The predicted octanol–water partition coefficient (Wildman–Crippen LogP) is 4.37. The van der Waals surface area contributed by atoms with Crippen molar-refractivity contribution in [3.05, 3.63) is 58.1 Å². The highest BCUT2D eigenvalue weighted by Crippen LogP contribution is 2.36. The van der Waals surface area contributed by atoms with Gasteiger partial charge >= 0.3 is 0 Å². The Labute approximate surface area is 123 Å². The van der Waals surface area contributed by atoms with Crippen LogP contribution in [0.1, 0.15) is 29.2 Å². The number of fused-ring (bicyclic) bond motifs is 2. The van der Waals surface area contributed by atoms with Crippen LogP contribution in [0.3, 0.4) is 0 Å². The van der Waals surface area contributed by atoms with Crippen LogP contribution >= 0.6 is 11.6 Å². The Morgan fingerprint density at radius 3 is 2.95 bits per heavy atom. The molecule has 3 heteroatoms. The molecule has 4 rings (SSSR count). The number of rotatable bonds is 2. The predicted molar refractivity (Wildman–Crippen MR) is 81.8 cm³/mol. The standard InChI is InChI=1S/C17H16ClNO/c18-13-2-4-15-11(9-13)1-5-16(15)19-14-3-6-17-12(10-14)7-8-20-17/h2-4,6,9-10,16,19H,1,5,7-8H2. The van der Waals surface area contributed by atoms with Gasteiger partial charge in [-0.1, -0.05) is 17.7 Å². The molecule has 1 unspecified atom stereocenters. The van der Waals surface area contributed by atoms with E-state index in [1.807, 2.05) is 6.07 Å². The second-order valence-electron chi connectivity index (χ2n) is 5.50. The molecule has 0 bridgehead atoms. The van der Waals surface area contributed by atoms with Crippen molar-refractivity contribution in [1.29, 1.82) is 0 Å². The van der Waals surface area contributed by atoms with Crippen molar-refractivity contribution in [2.75, 3.05) is 11.9 Å². The van der Waals surface area contributed by atoms with Gasteiger partial charge in [-0.3, -0.25) is 0 Å². The summed E-state index contributed by atoms with van der Waals surface area (Å²) in [5.74, 6) is 1.04. The molecule has 0 saturated carbocycles. The molecule has 1 aliphatic carbocycles. The van der Waals surface area contributed by atoms with Gasteiger partial charge in [-0.2, -0.15) is 0 Å².